The van der Waals surface area contributed by atoms with Gasteiger partial charge in [0.25, 0.3) is 5.91 Å². The molecule has 2 aromatic heterocycles. The number of anilines is 1. The average molecular weight is 422 g/mol. The summed E-state index contributed by atoms with van der Waals surface area (Å²) >= 11 is 0. The summed E-state index contributed by atoms with van der Waals surface area (Å²) < 4.78 is 7.51. The first-order valence-electron chi connectivity index (χ1n) is 11.2. The summed E-state index contributed by atoms with van der Waals surface area (Å²) in [5, 5.41) is 7.31. The van der Waals surface area contributed by atoms with E-state index in [0.717, 1.165) is 56.8 Å². The van der Waals surface area contributed by atoms with Gasteiger partial charge >= 0.3 is 0 Å². The lowest BCUT2D eigenvalue weighted by Crippen LogP contribution is -2.46. The molecule has 3 heterocycles. The second-order valence-corrected chi connectivity index (χ2v) is 7.79. The second kappa shape index (κ2) is 10.3. The summed E-state index contributed by atoms with van der Waals surface area (Å²) in [5.74, 6) is 0.866. The van der Waals surface area contributed by atoms with Gasteiger partial charge in [0.15, 0.2) is 5.69 Å². The number of para-hydroxylation sites is 2. The molecule has 31 heavy (non-hydrogen) atoms. The maximum Gasteiger partial charge on any atom is 0.271 e. The summed E-state index contributed by atoms with van der Waals surface area (Å²) in [6.45, 7) is 8.56. The zero-order valence-corrected chi connectivity index (χ0v) is 18.2. The number of amides is 1. The molecule has 0 saturated carbocycles. The van der Waals surface area contributed by atoms with E-state index in [1.54, 1.807) is 4.52 Å². The number of piperazine rings is 1. The first kappa shape index (κ1) is 21.2. The Hall–Kier alpha value is -3.06. The Bertz CT molecular complexity index is 961. The first-order chi connectivity index (χ1) is 15.2. The highest BCUT2D eigenvalue weighted by molar-refractivity contribution is 5.93. The van der Waals surface area contributed by atoms with E-state index in [4.69, 9.17) is 4.74 Å². The Balaban J connectivity index is 1.15. The molecule has 1 amide bonds. The van der Waals surface area contributed by atoms with E-state index in [1.165, 1.54) is 5.69 Å². The van der Waals surface area contributed by atoms with E-state index in [9.17, 15) is 4.79 Å². The third kappa shape index (κ3) is 5.35. The van der Waals surface area contributed by atoms with Crippen molar-refractivity contribution >= 4 is 17.1 Å². The quantitative estimate of drug-likeness (QED) is 0.538. The topological polar surface area (TPSA) is 62.1 Å². The normalized spacial score (nSPS) is 14.7. The van der Waals surface area contributed by atoms with Gasteiger partial charge in [0.05, 0.1) is 17.8 Å². The van der Waals surface area contributed by atoms with Crippen LogP contribution in [0.1, 0.15) is 30.3 Å². The van der Waals surface area contributed by atoms with Gasteiger partial charge in [0.1, 0.15) is 5.75 Å². The van der Waals surface area contributed by atoms with Crippen LogP contribution in [-0.4, -0.2) is 66.3 Å². The molecule has 4 rings (SSSR count). The summed E-state index contributed by atoms with van der Waals surface area (Å²) in [6.07, 6.45) is 3.88. The van der Waals surface area contributed by atoms with Crippen molar-refractivity contribution in [3.8, 4) is 5.75 Å². The van der Waals surface area contributed by atoms with Crippen LogP contribution in [0.4, 0.5) is 5.69 Å². The van der Waals surface area contributed by atoms with Gasteiger partial charge in [-0.15, -0.1) is 0 Å². The van der Waals surface area contributed by atoms with Crippen LogP contribution in [0.25, 0.3) is 5.52 Å². The van der Waals surface area contributed by atoms with E-state index in [2.05, 4.69) is 32.3 Å². The minimum atomic E-state index is -0.106. The Morgan fingerprint density at radius 2 is 1.87 bits per heavy atom. The molecule has 1 saturated heterocycles. The molecule has 7 nitrogen and oxygen atoms in total. The molecular formula is C24H31N5O2. The van der Waals surface area contributed by atoms with Crippen LogP contribution >= 0.6 is 0 Å². The zero-order valence-electron chi connectivity index (χ0n) is 18.2. The molecule has 0 aliphatic carbocycles. The fourth-order valence-electron chi connectivity index (χ4n) is 4.01. The molecule has 0 spiro atoms. The van der Waals surface area contributed by atoms with Crippen molar-refractivity contribution in [2.75, 3.05) is 50.8 Å². The number of hydrogen-bond acceptors (Lipinski definition) is 5. The van der Waals surface area contributed by atoms with Crippen molar-refractivity contribution in [1.82, 2.24) is 19.8 Å². The van der Waals surface area contributed by atoms with Gasteiger partial charge in [-0.2, -0.15) is 5.10 Å². The third-order valence-corrected chi connectivity index (χ3v) is 5.67. The predicted molar refractivity (Wildman–Crippen MR) is 123 cm³/mol. The molecule has 1 aromatic carbocycles. The lowest BCUT2D eigenvalue weighted by Gasteiger charge is -2.36. The smallest absolute Gasteiger partial charge is 0.271 e. The highest BCUT2D eigenvalue weighted by Crippen LogP contribution is 2.28. The molecule has 0 atom stereocenters. The van der Waals surface area contributed by atoms with Crippen molar-refractivity contribution in [1.29, 1.82) is 0 Å². The van der Waals surface area contributed by atoms with Crippen molar-refractivity contribution in [2.24, 2.45) is 0 Å². The number of ether oxygens (including phenoxy) is 1. The minimum absolute atomic E-state index is 0.106. The number of unbranched alkanes of at least 4 members (excludes halogenated alkanes) is 1. The summed E-state index contributed by atoms with van der Waals surface area (Å²) in [5.41, 5.74) is 2.59. The van der Waals surface area contributed by atoms with Gasteiger partial charge in [-0.1, -0.05) is 18.2 Å². The number of carbonyl (C=O) groups is 1. The number of fused-ring (bicyclic) bond motifs is 1. The number of rotatable bonds is 9. The summed E-state index contributed by atoms with van der Waals surface area (Å²) in [6, 6.07) is 15.9. The molecule has 0 bridgehead atoms. The van der Waals surface area contributed by atoms with E-state index in [1.807, 2.05) is 49.5 Å². The lowest BCUT2D eigenvalue weighted by atomic mass is 10.2. The van der Waals surface area contributed by atoms with E-state index in [0.29, 0.717) is 18.8 Å². The van der Waals surface area contributed by atoms with Gasteiger partial charge in [-0.3, -0.25) is 9.69 Å². The number of aromatic nitrogens is 2. The number of nitrogens with zero attached hydrogens (tertiary/aromatic N) is 4. The molecule has 164 valence electrons. The van der Waals surface area contributed by atoms with Crippen LogP contribution in [0.5, 0.6) is 5.75 Å². The van der Waals surface area contributed by atoms with Gasteiger partial charge < -0.3 is 15.0 Å². The SMILES string of the molecule is CCOc1ccccc1N1CCN(CCCCNC(=O)c2cc3ccccn3n2)CC1. The standard InChI is InChI=1S/C24H31N5O2/c1-2-31-23-11-4-3-10-22(23)28-17-15-27(16-18-28)13-8-6-12-25-24(30)21-19-20-9-5-7-14-29(20)26-21/h3-5,7,9-11,14,19H,2,6,8,12-13,15-18H2,1H3,(H,25,30). The molecule has 1 N–H and O–H groups in total. The fourth-order valence-corrected chi connectivity index (χ4v) is 4.01. The van der Waals surface area contributed by atoms with Crippen molar-refractivity contribution in [3.05, 3.63) is 60.4 Å². The molecule has 1 fully saturated rings. The van der Waals surface area contributed by atoms with Crippen molar-refractivity contribution in [3.63, 3.8) is 0 Å². The maximum atomic E-state index is 12.3. The maximum absolute atomic E-state index is 12.3. The van der Waals surface area contributed by atoms with Crippen LogP contribution in [-0.2, 0) is 0 Å². The largest absolute Gasteiger partial charge is 0.492 e. The van der Waals surface area contributed by atoms with Crippen LogP contribution in [0.15, 0.2) is 54.7 Å². The Morgan fingerprint density at radius 3 is 2.68 bits per heavy atom. The molecule has 0 unspecified atom stereocenters. The molecule has 7 heteroatoms. The lowest BCUT2D eigenvalue weighted by molar-refractivity contribution is 0.0947. The number of hydrogen-bond donors (Lipinski definition) is 1. The predicted octanol–water partition coefficient (Wildman–Crippen LogP) is 3.07. The van der Waals surface area contributed by atoms with E-state index < -0.39 is 0 Å². The molecular weight excluding hydrogens is 390 g/mol. The van der Waals surface area contributed by atoms with Crippen LogP contribution < -0.4 is 15.0 Å². The number of nitrogens with one attached hydrogen (secondary N) is 1. The molecule has 1 aliphatic heterocycles. The first-order valence-corrected chi connectivity index (χ1v) is 11.2. The fraction of sp³-hybridized carbons (Fsp3) is 0.417. The zero-order chi connectivity index (χ0) is 21.5. The molecule has 3 aromatic rings. The second-order valence-electron chi connectivity index (χ2n) is 7.79. The number of carbonyl (C=O) groups excluding carboxylic acids is 1. The van der Waals surface area contributed by atoms with Gasteiger partial charge in [0.2, 0.25) is 0 Å². The third-order valence-electron chi connectivity index (χ3n) is 5.67. The Kier molecular flexibility index (Phi) is 7.04. The Labute approximate surface area is 183 Å². The highest BCUT2D eigenvalue weighted by Gasteiger charge is 2.19. The summed E-state index contributed by atoms with van der Waals surface area (Å²) in [7, 11) is 0. The van der Waals surface area contributed by atoms with Gasteiger partial charge in [0, 0.05) is 38.9 Å². The van der Waals surface area contributed by atoms with Crippen LogP contribution in [0.2, 0.25) is 0 Å². The van der Waals surface area contributed by atoms with E-state index in [-0.39, 0.29) is 5.91 Å². The highest BCUT2D eigenvalue weighted by atomic mass is 16.5. The minimum Gasteiger partial charge on any atom is -0.492 e. The van der Waals surface area contributed by atoms with Gasteiger partial charge in [-0.05, 0) is 56.6 Å². The van der Waals surface area contributed by atoms with Crippen LogP contribution in [0, 0.1) is 0 Å². The monoisotopic (exact) mass is 421 g/mol. The average Bonchev–Trinajstić information content (AvgIpc) is 3.24. The number of benzene rings is 1. The molecule has 0 radical (unpaired) electrons. The number of pyridine rings is 1. The van der Waals surface area contributed by atoms with E-state index >= 15 is 0 Å². The summed E-state index contributed by atoms with van der Waals surface area (Å²) in [4.78, 5) is 17.2. The van der Waals surface area contributed by atoms with Crippen LogP contribution in [0.3, 0.4) is 0 Å². The van der Waals surface area contributed by atoms with Crippen molar-refractivity contribution < 1.29 is 9.53 Å². The van der Waals surface area contributed by atoms with Gasteiger partial charge in [-0.25, -0.2) is 4.52 Å². The van der Waals surface area contributed by atoms with Crippen molar-refractivity contribution in [2.45, 2.75) is 19.8 Å². The Morgan fingerprint density at radius 1 is 1.06 bits per heavy atom. The molecule has 1 aliphatic rings.